The Labute approximate surface area is 100 Å². The van der Waals surface area contributed by atoms with Crippen LogP contribution in [0.2, 0.25) is 0 Å². The molecule has 0 aliphatic rings. The van der Waals surface area contributed by atoms with Gasteiger partial charge in [-0.1, -0.05) is 18.2 Å². The van der Waals surface area contributed by atoms with Gasteiger partial charge in [-0.3, -0.25) is 0 Å². The second kappa shape index (κ2) is 4.73. The number of benzene rings is 1. The smallest absolute Gasteiger partial charge is 0.123 e. The predicted octanol–water partition coefficient (Wildman–Crippen LogP) is 4.82. The molecule has 0 saturated heterocycles. The summed E-state index contributed by atoms with van der Waals surface area (Å²) in [6.07, 6.45) is 3.99. The third-order valence-electron chi connectivity index (χ3n) is 1.90. The molecule has 1 aromatic heterocycles. The minimum absolute atomic E-state index is 0.203. The maximum absolute atomic E-state index is 12.6. The van der Waals surface area contributed by atoms with E-state index in [1.54, 1.807) is 23.5 Å². The Morgan fingerprint density at radius 3 is 2.33 bits per heavy atom. The molecule has 2 aromatic rings. The van der Waals surface area contributed by atoms with Crippen molar-refractivity contribution in [3.05, 3.63) is 56.4 Å². The van der Waals surface area contributed by atoms with E-state index in [4.69, 9.17) is 0 Å². The fourth-order valence-electron chi connectivity index (χ4n) is 1.17. The molecule has 0 aliphatic carbocycles. The summed E-state index contributed by atoms with van der Waals surface area (Å²) in [4.78, 5) is 1.17. The Kier molecular flexibility index (Phi) is 3.34. The molecule has 0 unspecified atom stereocenters. The zero-order valence-electron chi connectivity index (χ0n) is 7.78. The normalized spacial score (nSPS) is 11.1. The predicted molar refractivity (Wildman–Crippen MR) is 67.3 cm³/mol. The largest absolute Gasteiger partial charge is 0.207 e. The van der Waals surface area contributed by atoms with Gasteiger partial charge in [-0.15, -0.1) is 11.3 Å². The molecule has 0 saturated carbocycles. The molecule has 0 N–H and O–H groups in total. The number of hydrogen-bond acceptors (Lipinski definition) is 1. The van der Waals surface area contributed by atoms with Gasteiger partial charge in [-0.05, 0) is 51.8 Å². The van der Waals surface area contributed by atoms with Crippen molar-refractivity contribution in [3.8, 4) is 0 Å². The van der Waals surface area contributed by atoms with Gasteiger partial charge in [-0.2, -0.15) is 0 Å². The third-order valence-corrected chi connectivity index (χ3v) is 3.49. The summed E-state index contributed by atoms with van der Waals surface area (Å²) in [6.45, 7) is 0. The molecule has 0 spiro atoms. The lowest BCUT2D eigenvalue weighted by molar-refractivity contribution is 0.628. The van der Waals surface area contributed by atoms with Crippen LogP contribution in [0.15, 0.2) is 40.2 Å². The van der Waals surface area contributed by atoms with Gasteiger partial charge < -0.3 is 0 Å². The highest BCUT2D eigenvalue weighted by Gasteiger charge is 1.93. The van der Waals surface area contributed by atoms with E-state index in [9.17, 15) is 4.39 Å². The zero-order valence-corrected chi connectivity index (χ0v) is 10.2. The summed E-state index contributed by atoms with van der Waals surface area (Å²) in [5.74, 6) is -0.203. The van der Waals surface area contributed by atoms with Crippen LogP contribution in [0.4, 0.5) is 4.39 Å². The first kappa shape index (κ1) is 10.6. The molecule has 76 valence electrons. The van der Waals surface area contributed by atoms with E-state index < -0.39 is 0 Å². The summed E-state index contributed by atoms with van der Waals surface area (Å²) in [7, 11) is 0. The van der Waals surface area contributed by atoms with E-state index in [1.165, 1.54) is 17.0 Å². The van der Waals surface area contributed by atoms with E-state index in [0.29, 0.717) is 0 Å². The SMILES string of the molecule is Fc1ccc(/C=C/c2ccc(Br)s2)cc1. The number of halogens is 2. The molecule has 0 fully saturated rings. The highest BCUT2D eigenvalue weighted by atomic mass is 79.9. The van der Waals surface area contributed by atoms with Crippen LogP contribution in [0.25, 0.3) is 12.2 Å². The van der Waals surface area contributed by atoms with Crippen LogP contribution in [0.3, 0.4) is 0 Å². The quantitative estimate of drug-likeness (QED) is 0.741. The molecule has 0 amide bonds. The molecule has 2 rings (SSSR count). The van der Waals surface area contributed by atoms with Crippen molar-refractivity contribution in [2.75, 3.05) is 0 Å². The van der Waals surface area contributed by atoms with Gasteiger partial charge in [0.25, 0.3) is 0 Å². The van der Waals surface area contributed by atoms with Crippen LogP contribution in [-0.2, 0) is 0 Å². The Morgan fingerprint density at radius 1 is 1.00 bits per heavy atom. The van der Waals surface area contributed by atoms with Crippen LogP contribution in [-0.4, -0.2) is 0 Å². The molecule has 0 aliphatic heterocycles. The fraction of sp³-hybridized carbons (Fsp3) is 0. The van der Waals surface area contributed by atoms with Crippen molar-refractivity contribution in [2.24, 2.45) is 0 Å². The van der Waals surface area contributed by atoms with Crippen molar-refractivity contribution < 1.29 is 4.39 Å². The van der Waals surface area contributed by atoms with Gasteiger partial charge in [0.2, 0.25) is 0 Å². The molecule has 1 aromatic carbocycles. The molecule has 1 heterocycles. The Morgan fingerprint density at radius 2 is 1.73 bits per heavy atom. The number of rotatable bonds is 2. The van der Waals surface area contributed by atoms with Gasteiger partial charge in [0.15, 0.2) is 0 Å². The van der Waals surface area contributed by atoms with Crippen LogP contribution in [0.1, 0.15) is 10.4 Å². The van der Waals surface area contributed by atoms with Crippen LogP contribution >= 0.6 is 27.3 Å². The topological polar surface area (TPSA) is 0 Å². The van der Waals surface area contributed by atoms with Crippen LogP contribution < -0.4 is 0 Å². The fourth-order valence-corrected chi connectivity index (χ4v) is 2.50. The van der Waals surface area contributed by atoms with Gasteiger partial charge in [0, 0.05) is 4.88 Å². The summed E-state index contributed by atoms with van der Waals surface area (Å²) in [5, 5.41) is 0. The van der Waals surface area contributed by atoms with Gasteiger partial charge in [-0.25, -0.2) is 4.39 Å². The first-order chi connectivity index (χ1) is 7.24. The van der Waals surface area contributed by atoms with E-state index in [2.05, 4.69) is 15.9 Å². The summed E-state index contributed by atoms with van der Waals surface area (Å²) >= 11 is 5.07. The molecule has 0 radical (unpaired) electrons. The summed E-state index contributed by atoms with van der Waals surface area (Å²) in [5.41, 5.74) is 1.00. The van der Waals surface area contributed by atoms with E-state index in [1.807, 2.05) is 24.3 Å². The Balaban J connectivity index is 2.14. The second-order valence-electron chi connectivity index (χ2n) is 3.03. The molecule has 3 heteroatoms. The Hall–Kier alpha value is -0.930. The zero-order chi connectivity index (χ0) is 10.7. The van der Waals surface area contributed by atoms with Crippen molar-refractivity contribution in [3.63, 3.8) is 0 Å². The average Bonchev–Trinajstić information content (AvgIpc) is 2.64. The van der Waals surface area contributed by atoms with Crippen molar-refractivity contribution >= 4 is 39.4 Å². The monoisotopic (exact) mass is 282 g/mol. The van der Waals surface area contributed by atoms with Crippen molar-refractivity contribution in [1.29, 1.82) is 0 Å². The van der Waals surface area contributed by atoms with Gasteiger partial charge in [0.05, 0.1) is 3.79 Å². The highest BCUT2D eigenvalue weighted by Crippen LogP contribution is 2.23. The first-order valence-electron chi connectivity index (χ1n) is 4.43. The minimum atomic E-state index is -0.203. The lowest BCUT2D eigenvalue weighted by Gasteiger charge is -1.91. The average molecular weight is 283 g/mol. The molecular formula is C12H8BrFS. The molecule has 0 atom stereocenters. The minimum Gasteiger partial charge on any atom is -0.207 e. The van der Waals surface area contributed by atoms with Crippen molar-refractivity contribution in [2.45, 2.75) is 0 Å². The molecule has 0 bridgehead atoms. The highest BCUT2D eigenvalue weighted by molar-refractivity contribution is 9.11. The van der Waals surface area contributed by atoms with Gasteiger partial charge in [0.1, 0.15) is 5.82 Å². The maximum atomic E-state index is 12.6. The standard InChI is InChI=1S/C12H8BrFS/c13-12-8-7-11(15-12)6-3-9-1-4-10(14)5-2-9/h1-8H/b6-3+. The second-order valence-corrected chi connectivity index (χ2v) is 5.52. The van der Waals surface area contributed by atoms with E-state index in [0.717, 1.165) is 9.35 Å². The molecular weight excluding hydrogens is 275 g/mol. The van der Waals surface area contributed by atoms with Crippen LogP contribution in [0, 0.1) is 5.82 Å². The van der Waals surface area contributed by atoms with Crippen LogP contribution in [0.5, 0.6) is 0 Å². The Bertz CT molecular complexity index is 471. The summed E-state index contributed by atoms with van der Waals surface area (Å²) < 4.78 is 13.7. The first-order valence-corrected chi connectivity index (χ1v) is 6.04. The lowest BCUT2D eigenvalue weighted by atomic mass is 10.2. The van der Waals surface area contributed by atoms with E-state index >= 15 is 0 Å². The molecule has 15 heavy (non-hydrogen) atoms. The number of hydrogen-bond donors (Lipinski definition) is 0. The van der Waals surface area contributed by atoms with E-state index in [-0.39, 0.29) is 5.82 Å². The third kappa shape index (κ3) is 3.01. The lowest BCUT2D eigenvalue weighted by Crippen LogP contribution is -1.73. The van der Waals surface area contributed by atoms with Gasteiger partial charge >= 0.3 is 0 Å². The molecule has 0 nitrogen and oxygen atoms in total. The van der Waals surface area contributed by atoms with Crippen molar-refractivity contribution in [1.82, 2.24) is 0 Å². The number of thiophene rings is 1. The summed E-state index contributed by atoms with van der Waals surface area (Å²) in [6, 6.07) is 10.5. The maximum Gasteiger partial charge on any atom is 0.123 e.